The molecule has 0 atom stereocenters. The molecule has 0 unspecified atom stereocenters. The molecule has 0 aliphatic heterocycles. The van der Waals surface area contributed by atoms with Crippen molar-refractivity contribution in [2.24, 2.45) is 7.05 Å². The maximum atomic E-state index is 12.6. The van der Waals surface area contributed by atoms with Gasteiger partial charge in [0, 0.05) is 29.0 Å². The van der Waals surface area contributed by atoms with Crippen LogP contribution in [-0.4, -0.2) is 30.1 Å². The second kappa shape index (κ2) is 7.34. The molecule has 0 saturated heterocycles. The first-order chi connectivity index (χ1) is 13.8. The van der Waals surface area contributed by atoms with E-state index in [0.29, 0.717) is 17.1 Å². The topological polar surface area (TPSA) is 93.1 Å². The van der Waals surface area contributed by atoms with Gasteiger partial charge < -0.3 is 9.88 Å². The first kappa shape index (κ1) is 19.2. The molecule has 4 rings (SSSR count). The van der Waals surface area contributed by atoms with Crippen LogP contribution in [-0.2, 0) is 17.1 Å². The van der Waals surface area contributed by atoms with E-state index in [-0.39, 0.29) is 5.91 Å². The molecule has 9 heteroatoms. The summed E-state index contributed by atoms with van der Waals surface area (Å²) in [6, 6.07) is 16.6. The molecule has 0 fully saturated rings. The highest BCUT2D eigenvalue weighted by molar-refractivity contribution is 7.92. The number of amides is 1. The van der Waals surface area contributed by atoms with Gasteiger partial charge in [0.15, 0.2) is 0 Å². The number of carbonyl (C=O) groups excluding carboxylic acids is 1. The van der Waals surface area contributed by atoms with E-state index >= 15 is 0 Å². The van der Waals surface area contributed by atoms with Gasteiger partial charge in [-0.05, 0) is 30.3 Å². The first-order valence-electron chi connectivity index (χ1n) is 8.70. The maximum Gasteiger partial charge on any atom is 0.275 e. The third-order valence-corrected chi connectivity index (χ3v) is 5.80. The zero-order valence-electron chi connectivity index (χ0n) is 15.7. The van der Waals surface area contributed by atoms with Gasteiger partial charge in [0.2, 0.25) is 10.0 Å². The second-order valence-electron chi connectivity index (χ2n) is 6.59. The molecule has 7 nitrogen and oxygen atoms in total. The van der Waals surface area contributed by atoms with E-state index in [1.807, 2.05) is 31.3 Å². The molecule has 1 amide bonds. The van der Waals surface area contributed by atoms with Crippen LogP contribution in [0.25, 0.3) is 21.6 Å². The number of fused-ring (bicyclic) bond motifs is 1. The van der Waals surface area contributed by atoms with Gasteiger partial charge >= 0.3 is 0 Å². The van der Waals surface area contributed by atoms with Crippen molar-refractivity contribution in [3.63, 3.8) is 0 Å². The lowest BCUT2D eigenvalue weighted by molar-refractivity contribution is 0.102. The molecule has 0 spiro atoms. The lowest BCUT2D eigenvalue weighted by atomic mass is 10.2. The minimum Gasteiger partial charge on any atom is -0.342 e. The lowest BCUT2D eigenvalue weighted by Crippen LogP contribution is -2.13. The minimum atomic E-state index is -3.39. The normalized spacial score (nSPS) is 11.5. The molecular formula is C20H18N4O3S2. The molecule has 2 N–H and O–H groups in total. The Labute approximate surface area is 172 Å². The van der Waals surface area contributed by atoms with Crippen molar-refractivity contribution >= 4 is 49.5 Å². The standard InChI is InChI=1S/C20H18N4O3S2/c1-24-17-9-4-3-6-13(17)10-18(24)20-22-16(12-28-20)19(25)21-14-7-5-8-15(11-14)23-29(2,26)27/h3-12,23H,1-2H3,(H,21,25). The fourth-order valence-corrected chi connectivity index (χ4v) is 4.47. The summed E-state index contributed by atoms with van der Waals surface area (Å²) in [6.07, 6.45) is 1.07. The van der Waals surface area contributed by atoms with E-state index in [0.717, 1.165) is 27.9 Å². The molecule has 0 bridgehead atoms. The average molecular weight is 427 g/mol. The summed E-state index contributed by atoms with van der Waals surface area (Å²) in [5.74, 6) is -0.359. The fourth-order valence-electron chi connectivity index (χ4n) is 3.06. The largest absolute Gasteiger partial charge is 0.342 e. The van der Waals surface area contributed by atoms with Crippen molar-refractivity contribution in [2.75, 3.05) is 16.3 Å². The highest BCUT2D eigenvalue weighted by atomic mass is 32.2. The number of carbonyl (C=O) groups is 1. The summed E-state index contributed by atoms with van der Waals surface area (Å²) in [5.41, 5.74) is 3.19. The van der Waals surface area contributed by atoms with E-state index in [2.05, 4.69) is 25.7 Å². The number of hydrogen-bond acceptors (Lipinski definition) is 5. The predicted octanol–water partition coefficient (Wildman–Crippen LogP) is 3.93. The molecule has 4 aromatic rings. The Balaban J connectivity index is 1.56. The number of para-hydroxylation sites is 1. The number of nitrogens with one attached hydrogen (secondary N) is 2. The van der Waals surface area contributed by atoms with Crippen molar-refractivity contribution in [2.45, 2.75) is 0 Å². The Morgan fingerprint density at radius 3 is 2.59 bits per heavy atom. The Morgan fingerprint density at radius 2 is 1.83 bits per heavy atom. The Hall–Kier alpha value is -3.17. The van der Waals surface area contributed by atoms with Gasteiger partial charge in [-0.2, -0.15) is 0 Å². The number of anilines is 2. The van der Waals surface area contributed by atoms with Crippen LogP contribution >= 0.6 is 11.3 Å². The SMILES string of the molecule is Cn1c(-c2nc(C(=O)Nc3cccc(NS(C)(=O)=O)c3)cs2)cc2ccccc21. The van der Waals surface area contributed by atoms with E-state index in [4.69, 9.17) is 0 Å². The van der Waals surface area contributed by atoms with Gasteiger partial charge in [-0.1, -0.05) is 24.3 Å². The van der Waals surface area contributed by atoms with Crippen LogP contribution in [0.2, 0.25) is 0 Å². The van der Waals surface area contributed by atoms with Gasteiger partial charge in [-0.15, -0.1) is 11.3 Å². The summed E-state index contributed by atoms with van der Waals surface area (Å²) in [6.45, 7) is 0. The minimum absolute atomic E-state index is 0.303. The zero-order valence-corrected chi connectivity index (χ0v) is 17.3. The van der Waals surface area contributed by atoms with Crippen molar-refractivity contribution in [3.8, 4) is 10.7 Å². The molecule has 2 aromatic carbocycles. The Bertz CT molecular complexity index is 1320. The summed E-state index contributed by atoms with van der Waals surface area (Å²) in [7, 11) is -1.42. The maximum absolute atomic E-state index is 12.6. The Morgan fingerprint density at radius 1 is 1.07 bits per heavy atom. The van der Waals surface area contributed by atoms with Crippen LogP contribution in [0.3, 0.4) is 0 Å². The van der Waals surface area contributed by atoms with E-state index in [1.165, 1.54) is 11.3 Å². The van der Waals surface area contributed by atoms with Crippen LogP contribution in [0.15, 0.2) is 60.0 Å². The summed E-state index contributed by atoms with van der Waals surface area (Å²) in [4.78, 5) is 17.1. The number of nitrogens with zero attached hydrogens (tertiary/aromatic N) is 2. The summed E-state index contributed by atoms with van der Waals surface area (Å²) in [5, 5.41) is 6.33. The third-order valence-electron chi connectivity index (χ3n) is 4.33. The van der Waals surface area contributed by atoms with Gasteiger partial charge in [-0.25, -0.2) is 13.4 Å². The fraction of sp³-hybridized carbons (Fsp3) is 0.100. The number of aryl methyl sites for hydroxylation is 1. The van der Waals surface area contributed by atoms with Gasteiger partial charge in [0.25, 0.3) is 5.91 Å². The number of thiazole rings is 1. The monoisotopic (exact) mass is 426 g/mol. The number of benzene rings is 2. The summed E-state index contributed by atoms with van der Waals surface area (Å²) >= 11 is 1.40. The summed E-state index contributed by atoms with van der Waals surface area (Å²) < 4.78 is 27.2. The highest BCUT2D eigenvalue weighted by Crippen LogP contribution is 2.29. The molecule has 0 radical (unpaired) electrons. The van der Waals surface area contributed by atoms with Crippen LogP contribution < -0.4 is 10.0 Å². The van der Waals surface area contributed by atoms with Gasteiger partial charge in [0.1, 0.15) is 10.7 Å². The molecule has 2 aromatic heterocycles. The third kappa shape index (κ3) is 4.15. The highest BCUT2D eigenvalue weighted by Gasteiger charge is 2.15. The number of rotatable bonds is 5. The number of aromatic nitrogens is 2. The molecule has 148 valence electrons. The molecule has 0 saturated carbocycles. The van der Waals surface area contributed by atoms with Gasteiger partial charge in [-0.3, -0.25) is 9.52 Å². The second-order valence-corrected chi connectivity index (χ2v) is 9.20. The lowest BCUT2D eigenvalue weighted by Gasteiger charge is -2.07. The average Bonchev–Trinajstić information content (AvgIpc) is 3.26. The smallest absolute Gasteiger partial charge is 0.275 e. The Kier molecular flexibility index (Phi) is 4.85. The van der Waals surface area contributed by atoms with Crippen LogP contribution in [0, 0.1) is 0 Å². The zero-order chi connectivity index (χ0) is 20.6. The predicted molar refractivity (Wildman–Crippen MR) is 117 cm³/mol. The van der Waals surface area contributed by atoms with E-state index < -0.39 is 10.0 Å². The molecular weight excluding hydrogens is 408 g/mol. The van der Waals surface area contributed by atoms with Crippen LogP contribution in [0.4, 0.5) is 11.4 Å². The van der Waals surface area contributed by atoms with Crippen molar-refractivity contribution in [1.82, 2.24) is 9.55 Å². The van der Waals surface area contributed by atoms with E-state index in [9.17, 15) is 13.2 Å². The van der Waals surface area contributed by atoms with Crippen LogP contribution in [0.5, 0.6) is 0 Å². The van der Waals surface area contributed by atoms with Gasteiger partial charge in [0.05, 0.1) is 17.6 Å². The van der Waals surface area contributed by atoms with Crippen LogP contribution in [0.1, 0.15) is 10.5 Å². The number of hydrogen-bond donors (Lipinski definition) is 2. The molecule has 29 heavy (non-hydrogen) atoms. The quantitative estimate of drug-likeness (QED) is 0.506. The van der Waals surface area contributed by atoms with Crippen molar-refractivity contribution in [3.05, 3.63) is 65.7 Å². The molecule has 0 aliphatic carbocycles. The molecule has 2 heterocycles. The number of sulfonamides is 1. The molecule has 0 aliphatic rings. The first-order valence-corrected chi connectivity index (χ1v) is 11.5. The van der Waals surface area contributed by atoms with Crippen molar-refractivity contribution < 1.29 is 13.2 Å². The van der Waals surface area contributed by atoms with Crippen molar-refractivity contribution in [1.29, 1.82) is 0 Å². The van der Waals surface area contributed by atoms with E-state index in [1.54, 1.807) is 29.6 Å².